The molecule has 1 aromatic heterocycles. The normalized spacial score (nSPS) is 26.4. The molecule has 4 rings (SSSR count). The van der Waals surface area contributed by atoms with Crippen molar-refractivity contribution < 1.29 is 18.8 Å². The Bertz CT molecular complexity index is 838. The van der Waals surface area contributed by atoms with Gasteiger partial charge in [0.05, 0.1) is 6.54 Å². The lowest BCUT2D eigenvalue weighted by molar-refractivity contribution is -0.133. The number of hydrogen-bond acceptors (Lipinski definition) is 4. The summed E-state index contributed by atoms with van der Waals surface area (Å²) in [5, 5.41) is 3.68. The van der Waals surface area contributed by atoms with Crippen molar-refractivity contribution in [1.29, 1.82) is 0 Å². The van der Waals surface area contributed by atoms with Crippen molar-refractivity contribution in [3.63, 3.8) is 0 Å². The number of Topliss-reactive ketones (excluding diaryl/α,β-unsaturated/α-hetero) is 1. The summed E-state index contributed by atoms with van der Waals surface area (Å²) < 4.78 is 5.55. The Balaban J connectivity index is 1.56. The van der Waals surface area contributed by atoms with Crippen LogP contribution in [0.15, 0.2) is 34.7 Å². The lowest BCUT2D eigenvalue weighted by Crippen LogP contribution is -2.54. The minimum Gasteiger partial charge on any atom is -0.453 e. The highest BCUT2D eigenvalue weighted by atomic mass is 16.3. The van der Waals surface area contributed by atoms with Gasteiger partial charge < -0.3 is 9.73 Å². The highest BCUT2D eigenvalue weighted by molar-refractivity contribution is 6.11. The van der Waals surface area contributed by atoms with E-state index in [-0.39, 0.29) is 29.9 Å². The van der Waals surface area contributed by atoms with Crippen LogP contribution in [0.3, 0.4) is 0 Å². The summed E-state index contributed by atoms with van der Waals surface area (Å²) in [7, 11) is 0. The number of nitrogens with one attached hydrogen (secondary N) is 1. The molecular formula is C19H20N2O4. The van der Waals surface area contributed by atoms with Gasteiger partial charge in [0.2, 0.25) is 5.78 Å². The first-order valence-corrected chi connectivity index (χ1v) is 8.67. The maximum atomic E-state index is 12.9. The molecule has 3 amide bonds. The zero-order valence-corrected chi connectivity index (χ0v) is 14.1. The van der Waals surface area contributed by atoms with Crippen molar-refractivity contribution in [2.24, 2.45) is 5.92 Å². The van der Waals surface area contributed by atoms with Gasteiger partial charge in [-0.15, -0.1) is 0 Å². The molecular weight excluding hydrogens is 320 g/mol. The van der Waals surface area contributed by atoms with E-state index in [4.69, 9.17) is 4.42 Å². The van der Waals surface area contributed by atoms with Crippen molar-refractivity contribution in [2.75, 3.05) is 6.54 Å². The Morgan fingerprint density at radius 3 is 2.88 bits per heavy atom. The van der Waals surface area contributed by atoms with Crippen LogP contribution in [0.5, 0.6) is 0 Å². The molecule has 2 aromatic rings. The monoisotopic (exact) mass is 340 g/mol. The molecule has 6 heteroatoms. The standard InChI is InChI=1S/C19H20N2O4/c1-12-6-4-5-9-19(12)17(23)21(18(24)20-19)11-14(22)16-10-13-7-2-3-8-15(13)25-16/h2-3,7-8,10,12H,4-6,9,11H2,1H3,(H,20,24)/t12-,19+/m0/s1. The highest BCUT2D eigenvalue weighted by Crippen LogP contribution is 2.38. The van der Waals surface area contributed by atoms with Gasteiger partial charge in [0.25, 0.3) is 5.91 Å². The fourth-order valence-corrected chi connectivity index (χ4v) is 3.98. The van der Waals surface area contributed by atoms with Crippen molar-refractivity contribution in [3.05, 3.63) is 36.1 Å². The molecule has 2 atom stereocenters. The third-order valence-corrected chi connectivity index (χ3v) is 5.50. The Morgan fingerprint density at radius 1 is 1.32 bits per heavy atom. The number of nitrogens with zero attached hydrogens (tertiary/aromatic N) is 1. The number of imide groups is 1. The molecule has 1 aliphatic heterocycles. The number of urea groups is 1. The molecule has 1 spiro atoms. The van der Waals surface area contributed by atoms with E-state index < -0.39 is 11.6 Å². The number of benzene rings is 1. The predicted molar refractivity (Wildman–Crippen MR) is 91.2 cm³/mol. The van der Waals surface area contributed by atoms with Crippen molar-refractivity contribution in [2.45, 2.75) is 38.1 Å². The summed E-state index contributed by atoms with van der Waals surface area (Å²) in [5.74, 6) is -0.419. The highest BCUT2D eigenvalue weighted by Gasteiger charge is 2.55. The van der Waals surface area contributed by atoms with Crippen molar-refractivity contribution in [3.8, 4) is 0 Å². The van der Waals surface area contributed by atoms with Crippen LogP contribution < -0.4 is 5.32 Å². The van der Waals surface area contributed by atoms with Crippen LogP contribution in [-0.2, 0) is 4.79 Å². The van der Waals surface area contributed by atoms with E-state index in [1.165, 1.54) is 0 Å². The first-order chi connectivity index (χ1) is 12.0. The molecule has 25 heavy (non-hydrogen) atoms. The Morgan fingerprint density at radius 2 is 2.12 bits per heavy atom. The summed E-state index contributed by atoms with van der Waals surface area (Å²) in [6.07, 6.45) is 3.50. The fourth-order valence-electron chi connectivity index (χ4n) is 3.98. The molecule has 1 aromatic carbocycles. The zero-order valence-electron chi connectivity index (χ0n) is 14.1. The lowest BCUT2D eigenvalue weighted by Gasteiger charge is -2.36. The Kier molecular flexibility index (Phi) is 3.63. The summed E-state index contributed by atoms with van der Waals surface area (Å²) in [6, 6.07) is 8.47. The van der Waals surface area contributed by atoms with E-state index in [1.54, 1.807) is 12.1 Å². The molecule has 2 fully saturated rings. The third kappa shape index (κ3) is 2.44. The van der Waals surface area contributed by atoms with E-state index >= 15 is 0 Å². The molecule has 0 unspecified atom stereocenters. The number of para-hydroxylation sites is 1. The molecule has 2 heterocycles. The van der Waals surface area contributed by atoms with Gasteiger partial charge in [0.1, 0.15) is 11.1 Å². The van der Waals surface area contributed by atoms with Crippen LogP contribution in [0, 0.1) is 5.92 Å². The van der Waals surface area contributed by atoms with Gasteiger partial charge >= 0.3 is 6.03 Å². The van der Waals surface area contributed by atoms with E-state index in [9.17, 15) is 14.4 Å². The SMILES string of the molecule is C[C@H]1CCCC[C@@]12NC(=O)N(CC(=O)c1cc3ccccc3o1)C2=O. The van der Waals surface area contributed by atoms with Crippen LogP contribution in [0.4, 0.5) is 4.79 Å². The average molecular weight is 340 g/mol. The van der Waals surface area contributed by atoms with Crippen LogP contribution in [0.25, 0.3) is 11.0 Å². The van der Waals surface area contributed by atoms with Gasteiger partial charge in [-0.3, -0.25) is 14.5 Å². The topological polar surface area (TPSA) is 79.6 Å². The van der Waals surface area contributed by atoms with Crippen LogP contribution >= 0.6 is 0 Å². The van der Waals surface area contributed by atoms with E-state index in [2.05, 4.69) is 5.32 Å². The molecule has 130 valence electrons. The maximum Gasteiger partial charge on any atom is 0.325 e. The van der Waals surface area contributed by atoms with Gasteiger partial charge in [-0.05, 0) is 30.9 Å². The number of hydrogen-bond donors (Lipinski definition) is 1. The summed E-state index contributed by atoms with van der Waals surface area (Å²) in [4.78, 5) is 38.8. The number of carbonyl (C=O) groups is 3. The minimum absolute atomic E-state index is 0.0732. The summed E-state index contributed by atoms with van der Waals surface area (Å²) in [5.41, 5.74) is -0.232. The Hall–Kier alpha value is -2.63. The Labute approximate surface area is 145 Å². The van der Waals surface area contributed by atoms with E-state index in [0.29, 0.717) is 12.0 Å². The second kappa shape index (κ2) is 5.72. The third-order valence-electron chi connectivity index (χ3n) is 5.50. The van der Waals surface area contributed by atoms with Crippen molar-refractivity contribution >= 4 is 28.7 Å². The molecule has 1 N–H and O–H groups in total. The quantitative estimate of drug-likeness (QED) is 0.688. The number of ketones is 1. The zero-order chi connectivity index (χ0) is 17.6. The minimum atomic E-state index is -0.844. The van der Waals surface area contributed by atoms with Crippen LogP contribution in [0.1, 0.15) is 43.2 Å². The number of furan rings is 1. The van der Waals surface area contributed by atoms with Gasteiger partial charge in [0, 0.05) is 5.39 Å². The average Bonchev–Trinajstić information content (AvgIpc) is 3.13. The molecule has 2 aliphatic rings. The van der Waals surface area contributed by atoms with Gasteiger partial charge in [-0.25, -0.2) is 4.79 Å². The fraction of sp³-hybridized carbons (Fsp3) is 0.421. The first-order valence-electron chi connectivity index (χ1n) is 8.67. The number of rotatable bonds is 3. The summed E-state index contributed by atoms with van der Waals surface area (Å²) in [6.45, 7) is 1.70. The smallest absolute Gasteiger partial charge is 0.325 e. The van der Waals surface area contributed by atoms with Crippen molar-refractivity contribution in [1.82, 2.24) is 10.2 Å². The second-order valence-corrected chi connectivity index (χ2v) is 7.01. The summed E-state index contributed by atoms with van der Waals surface area (Å²) >= 11 is 0. The molecule has 1 saturated carbocycles. The molecule has 1 saturated heterocycles. The van der Waals surface area contributed by atoms with Gasteiger partial charge in [0.15, 0.2) is 5.76 Å². The maximum absolute atomic E-state index is 12.9. The van der Waals surface area contributed by atoms with E-state index in [0.717, 1.165) is 29.5 Å². The largest absolute Gasteiger partial charge is 0.453 e. The first kappa shape index (κ1) is 15.9. The predicted octanol–water partition coefficient (Wildman–Crippen LogP) is 3.12. The van der Waals surface area contributed by atoms with E-state index in [1.807, 2.05) is 25.1 Å². The van der Waals surface area contributed by atoms with Gasteiger partial charge in [-0.1, -0.05) is 38.0 Å². The molecule has 0 bridgehead atoms. The van der Waals surface area contributed by atoms with Crippen LogP contribution in [-0.4, -0.2) is 34.7 Å². The molecule has 1 aliphatic carbocycles. The number of amides is 3. The number of fused-ring (bicyclic) bond motifs is 1. The second-order valence-electron chi connectivity index (χ2n) is 7.01. The molecule has 0 radical (unpaired) electrons. The van der Waals surface area contributed by atoms with Crippen LogP contribution in [0.2, 0.25) is 0 Å². The molecule has 6 nitrogen and oxygen atoms in total. The lowest BCUT2D eigenvalue weighted by atomic mass is 9.73. The van der Waals surface area contributed by atoms with Gasteiger partial charge in [-0.2, -0.15) is 0 Å². The number of carbonyl (C=O) groups excluding carboxylic acids is 3.